The van der Waals surface area contributed by atoms with Crippen molar-refractivity contribution in [2.24, 2.45) is 0 Å². The van der Waals surface area contributed by atoms with E-state index < -0.39 is 11.8 Å². The monoisotopic (exact) mass is 424 g/mol. The highest BCUT2D eigenvalue weighted by Crippen LogP contribution is 2.31. The van der Waals surface area contributed by atoms with Gasteiger partial charge >= 0.3 is 5.97 Å². The Morgan fingerprint density at radius 1 is 1.30 bits per heavy atom. The summed E-state index contributed by atoms with van der Waals surface area (Å²) < 4.78 is 8.07. The number of aliphatic hydroxyl groups is 2. The summed E-state index contributed by atoms with van der Waals surface area (Å²) in [5.74, 6) is -1.86. The lowest BCUT2D eigenvalue weighted by molar-refractivity contribution is -0.137. The molecule has 0 spiro atoms. The summed E-state index contributed by atoms with van der Waals surface area (Å²) >= 11 is 0. The van der Waals surface area contributed by atoms with Crippen LogP contribution in [0.1, 0.15) is 52.2 Å². The minimum Gasteiger partial charge on any atom is -0.481 e. The second kappa shape index (κ2) is 10.6. The first kappa shape index (κ1) is 23.9. The SMILES string of the molecule is CC(C)(O)O.CN(CCCCC(=O)O)CC1CCC(n2cnc3c(N)ncnc32)O1. The van der Waals surface area contributed by atoms with Crippen molar-refractivity contribution in [1.82, 2.24) is 24.4 Å². The average molecular weight is 425 g/mol. The summed E-state index contributed by atoms with van der Waals surface area (Å²) in [7, 11) is 2.04. The van der Waals surface area contributed by atoms with Gasteiger partial charge in [-0.2, -0.15) is 0 Å². The third-order valence-electron chi connectivity index (χ3n) is 4.48. The Morgan fingerprint density at radius 2 is 2.00 bits per heavy atom. The number of hydrogen-bond acceptors (Lipinski definition) is 9. The molecule has 2 unspecified atom stereocenters. The Balaban J connectivity index is 0.000000575. The highest BCUT2D eigenvalue weighted by atomic mass is 16.5. The van der Waals surface area contributed by atoms with Gasteiger partial charge in [-0.1, -0.05) is 0 Å². The Morgan fingerprint density at radius 3 is 2.67 bits per heavy atom. The Bertz CT molecular complexity index is 815. The number of rotatable bonds is 8. The summed E-state index contributed by atoms with van der Waals surface area (Å²) in [6.45, 7) is 4.29. The van der Waals surface area contributed by atoms with Crippen LogP contribution in [0.5, 0.6) is 0 Å². The molecule has 0 amide bonds. The molecule has 1 aliphatic heterocycles. The lowest BCUT2D eigenvalue weighted by Gasteiger charge is -2.21. The molecule has 0 bridgehead atoms. The molecule has 30 heavy (non-hydrogen) atoms. The lowest BCUT2D eigenvalue weighted by atomic mass is 10.2. The number of anilines is 1. The number of carbonyl (C=O) groups is 1. The normalized spacial score (nSPS) is 19.1. The number of nitrogens with zero attached hydrogens (tertiary/aromatic N) is 5. The van der Waals surface area contributed by atoms with E-state index in [0.29, 0.717) is 23.4 Å². The van der Waals surface area contributed by atoms with E-state index in [1.807, 2.05) is 11.6 Å². The fourth-order valence-electron chi connectivity index (χ4n) is 3.20. The molecule has 2 atom stereocenters. The van der Waals surface area contributed by atoms with Crippen LogP contribution in [-0.4, -0.2) is 77.7 Å². The van der Waals surface area contributed by atoms with Crippen LogP contribution in [-0.2, 0) is 9.53 Å². The van der Waals surface area contributed by atoms with Crippen LogP contribution in [0.25, 0.3) is 11.2 Å². The molecule has 11 heteroatoms. The molecule has 2 aromatic heterocycles. The molecular formula is C19H32N6O5. The van der Waals surface area contributed by atoms with Gasteiger partial charge in [0.15, 0.2) is 17.3 Å². The maximum Gasteiger partial charge on any atom is 0.303 e. The summed E-state index contributed by atoms with van der Waals surface area (Å²) in [6.07, 6.45) is 6.87. The van der Waals surface area contributed by atoms with Gasteiger partial charge in [-0.05, 0) is 53.1 Å². The fraction of sp³-hybridized carbons (Fsp3) is 0.684. The van der Waals surface area contributed by atoms with Gasteiger partial charge in [-0.25, -0.2) is 15.0 Å². The molecular weight excluding hydrogens is 392 g/mol. The van der Waals surface area contributed by atoms with E-state index >= 15 is 0 Å². The van der Waals surface area contributed by atoms with E-state index in [4.69, 9.17) is 25.8 Å². The van der Waals surface area contributed by atoms with Gasteiger partial charge in [0, 0.05) is 13.0 Å². The first-order valence-electron chi connectivity index (χ1n) is 9.98. The molecule has 0 saturated carbocycles. The summed E-state index contributed by atoms with van der Waals surface area (Å²) in [6, 6.07) is 0. The van der Waals surface area contributed by atoms with Crippen molar-refractivity contribution in [3.05, 3.63) is 12.7 Å². The molecule has 1 saturated heterocycles. The molecule has 0 aliphatic carbocycles. The van der Waals surface area contributed by atoms with Crippen molar-refractivity contribution in [3.8, 4) is 0 Å². The number of fused-ring (bicyclic) bond motifs is 1. The first-order valence-corrected chi connectivity index (χ1v) is 9.98. The van der Waals surface area contributed by atoms with Crippen LogP contribution >= 0.6 is 0 Å². The fourth-order valence-corrected chi connectivity index (χ4v) is 3.20. The third kappa shape index (κ3) is 7.82. The Labute approximate surface area is 175 Å². The lowest BCUT2D eigenvalue weighted by Crippen LogP contribution is -2.30. The summed E-state index contributed by atoms with van der Waals surface area (Å²) in [5.41, 5.74) is 7.12. The molecule has 2 aromatic rings. The zero-order valence-corrected chi connectivity index (χ0v) is 17.7. The highest BCUT2D eigenvalue weighted by Gasteiger charge is 2.28. The first-order chi connectivity index (χ1) is 14.0. The number of aromatic nitrogens is 4. The van der Waals surface area contributed by atoms with Crippen LogP contribution in [0.15, 0.2) is 12.7 Å². The van der Waals surface area contributed by atoms with Gasteiger partial charge in [-0.3, -0.25) is 9.36 Å². The zero-order valence-electron chi connectivity index (χ0n) is 17.7. The highest BCUT2D eigenvalue weighted by molar-refractivity contribution is 5.81. The predicted octanol–water partition coefficient (Wildman–Crippen LogP) is 0.980. The van der Waals surface area contributed by atoms with Crippen molar-refractivity contribution < 1.29 is 24.9 Å². The third-order valence-corrected chi connectivity index (χ3v) is 4.48. The van der Waals surface area contributed by atoms with Crippen molar-refractivity contribution >= 4 is 23.0 Å². The average Bonchev–Trinajstić information content (AvgIpc) is 3.24. The maximum absolute atomic E-state index is 10.5. The number of imidazole rings is 1. The minimum atomic E-state index is -1.50. The van der Waals surface area contributed by atoms with Gasteiger partial charge in [-0.15, -0.1) is 0 Å². The maximum atomic E-state index is 10.5. The van der Waals surface area contributed by atoms with Crippen molar-refractivity contribution in [2.75, 3.05) is 25.9 Å². The summed E-state index contributed by atoms with van der Waals surface area (Å²) in [5, 5.41) is 24.8. The smallest absolute Gasteiger partial charge is 0.303 e. The number of ether oxygens (including phenoxy) is 1. The molecule has 11 nitrogen and oxygen atoms in total. The van der Waals surface area contributed by atoms with E-state index in [2.05, 4.69) is 19.9 Å². The van der Waals surface area contributed by atoms with Crippen molar-refractivity contribution in [3.63, 3.8) is 0 Å². The van der Waals surface area contributed by atoms with Crippen LogP contribution < -0.4 is 5.73 Å². The standard InChI is InChI=1S/C16H24N6O3.C3H8O2/c1-21(7-3-2-4-13(23)24)8-11-5-6-12(25-11)22-10-20-14-15(17)18-9-19-16(14)22;1-3(2,4)5/h9-12H,2-8H2,1H3,(H,23,24)(H2,17,18,19);4-5H,1-2H3. The molecule has 3 rings (SSSR count). The number of carboxylic acids is 1. The topological polar surface area (TPSA) is 160 Å². The van der Waals surface area contributed by atoms with Crippen LogP contribution in [0, 0.1) is 0 Å². The molecule has 0 aromatic carbocycles. The van der Waals surface area contributed by atoms with Crippen molar-refractivity contribution in [1.29, 1.82) is 0 Å². The minimum absolute atomic E-state index is 0.0929. The van der Waals surface area contributed by atoms with Crippen LogP contribution in [0.3, 0.4) is 0 Å². The van der Waals surface area contributed by atoms with Gasteiger partial charge < -0.3 is 30.7 Å². The number of unbranched alkanes of at least 4 members (excludes halogenated alkanes) is 1. The van der Waals surface area contributed by atoms with E-state index in [1.165, 1.54) is 20.2 Å². The van der Waals surface area contributed by atoms with E-state index in [1.54, 1.807) is 6.33 Å². The summed E-state index contributed by atoms with van der Waals surface area (Å²) in [4.78, 5) is 25.2. The molecule has 3 heterocycles. The second-order valence-electron chi connectivity index (χ2n) is 7.98. The number of nitrogen functional groups attached to an aromatic ring is 1. The van der Waals surface area contributed by atoms with Gasteiger partial charge in [0.1, 0.15) is 18.1 Å². The van der Waals surface area contributed by atoms with E-state index in [-0.39, 0.29) is 18.8 Å². The van der Waals surface area contributed by atoms with E-state index in [0.717, 1.165) is 32.4 Å². The zero-order chi connectivity index (χ0) is 22.3. The molecule has 0 radical (unpaired) electrons. The van der Waals surface area contributed by atoms with Gasteiger partial charge in [0.05, 0.1) is 12.4 Å². The number of aliphatic carboxylic acids is 1. The predicted molar refractivity (Wildman–Crippen MR) is 110 cm³/mol. The molecule has 5 N–H and O–H groups in total. The van der Waals surface area contributed by atoms with Crippen LogP contribution in [0.4, 0.5) is 5.82 Å². The van der Waals surface area contributed by atoms with Crippen molar-refractivity contribution in [2.45, 2.75) is 64.1 Å². The molecule has 168 valence electrons. The number of nitrogens with two attached hydrogens (primary N) is 1. The Kier molecular flexibility index (Phi) is 8.47. The molecule has 1 aliphatic rings. The Hall–Kier alpha value is -2.34. The van der Waals surface area contributed by atoms with Crippen LogP contribution in [0.2, 0.25) is 0 Å². The number of likely N-dealkylation sites (N-methyl/N-ethyl adjacent to an activating group) is 1. The second-order valence-corrected chi connectivity index (χ2v) is 7.98. The number of hydrogen-bond donors (Lipinski definition) is 4. The van der Waals surface area contributed by atoms with E-state index in [9.17, 15) is 4.79 Å². The van der Waals surface area contributed by atoms with Gasteiger partial charge in [0.2, 0.25) is 0 Å². The largest absolute Gasteiger partial charge is 0.481 e. The molecule has 1 fully saturated rings. The quantitative estimate of drug-likeness (QED) is 0.355. The number of carboxylic acid groups (broad SMARTS) is 1. The van der Waals surface area contributed by atoms with Gasteiger partial charge in [0.25, 0.3) is 0 Å².